The van der Waals surface area contributed by atoms with E-state index in [1.807, 2.05) is 10.3 Å². The number of thiazole rings is 1. The quantitative estimate of drug-likeness (QED) is 0.733. The predicted molar refractivity (Wildman–Crippen MR) is 118 cm³/mol. The molecule has 1 atom stereocenters. The Balaban J connectivity index is 1.35. The standard InChI is InChI=1S/C23H31N3O3S/c27-12-8-21-3-1-2-9-26(21)22(28)15-20-17-30-23(24-20)19-6-4-18(5-7-19)16-25-10-13-29-14-11-25/h4-7,17,21,27H,1-3,8-16H2. The predicted octanol–water partition coefficient (Wildman–Crippen LogP) is 2.95. The summed E-state index contributed by atoms with van der Waals surface area (Å²) in [5.74, 6) is 0.130. The maximum absolute atomic E-state index is 12.8. The van der Waals surface area contributed by atoms with E-state index in [1.165, 1.54) is 5.56 Å². The Bertz CT molecular complexity index is 815. The highest BCUT2D eigenvalue weighted by Gasteiger charge is 2.26. The number of morpholine rings is 1. The summed E-state index contributed by atoms with van der Waals surface area (Å²) >= 11 is 1.60. The Hall–Kier alpha value is -1.80. The van der Waals surface area contributed by atoms with Crippen LogP contribution in [0.15, 0.2) is 29.6 Å². The Morgan fingerprint density at radius 1 is 1.17 bits per heavy atom. The lowest BCUT2D eigenvalue weighted by atomic mass is 9.99. The molecule has 3 heterocycles. The average Bonchev–Trinajstić information content (AvgIpc) is 3.24. The first-order valence-corrected chi connectivity index (χ1v) is 11.8. The molecule has 6 nitrogen and oxygen atoms in total. The lowest BCUT2D eigenvalue weighted by molar-refractivity contribution is -0.134. The fraction of sp³-hybridized carbons (Fsp3) is 0.565. The number of hydrogen-bond acceptors (Lipinski definition) is 6. The topological polar surface area (TPSA) is 65.9 Å². The Morgan fingerprint density at radius 3 is 2.73 bits per heavy atom. The van der Waals surface area contributed by atoms with Gasteiger partial charge in [-0.15, -0.1) is 11.3 Å². The van der Waals surface area contributed by atoms with Crippen LogP contribution >= 0.6 is 11.3 Å². The molecule has 1 N–H and O–H groups in total. The third-order valence-corrected chi connectivity index (χ3v) is 6.94. The zero-order valence-electron chi connectivity index (χ0n) is 17.5. The van der Waals surface area contributed by atoms with Gasteiger partial charge in [0, 0.05) is 49.8 Å². The van der Waals surface area contributed by atoms with Crippen molar-refractivity contribution in [3.63, 3.8) is 0 Å². The number of carbonyl (C=O) groups excluding carboxylic acids is 1. The Kier molecular flexibility index (Phi) is 7.49. The van der Waals surface area contributed by atoms with Gasteiger partial charge in [-0.3, -0.25) is 9.69 Å². The zero-order chi connectivity index (χ0) is 20.8. The number of aliphatic hydroxyl groups excluding tert-OH is 1. The van der Waals surface area contributed by atoms with Gasteiger partial charge in [0.15, 0.2) is 0 Å². The van der Waals surface area contributed by atoms with Crippen molar-refractivity contribution in [2.24, 2.45) is 0 Å². The van der Waals surface area contributed by atoms with Gasteiger partial charge in [0.1, 0.15) is 5.01 Å². The molecule has 2 aliphatic rings. The van der Waals surface area contributed by atoms with Crippen molar-refractivity contribution < 1.29 is 14.6 Å². The molecule has 0 spiro atoms. The van der Waals surface area contributed by atoms with Crippen molar-refractivity contribution in [2.45, 2.75) is 44.7 Å². The van der Waals surface area contributed by atoms with Gasteiger partial charge in [0.25, 0.3) is 0 Å². The van der Waals surface area contributed by atoms with Crippen molar-refractivity contribution >= 4 is 17.2 Å². The van der Waals surface area contributed by atoms with E-state index < -0.39 is 0 Å². The second-order valence-electron chi connectivity index (χ2n) is 8.16. The second-order valence-corrected chi connectivity index (χ2v) is 9.01. The normalized spacial score (nSPS) is 20.4. The van der Waals surface area contributed by atoms with Gasteiger partial charge in [-0.2, -0.15) is 0 Å². The summed E-state index contributed by atoms with van der Waals surface area (Å²) in [5, 5.41) is 12.3. The number of rotatable bonds is 7. The van der Waals surface area contributed by atoms with Gasteiger partial charge in [0.2, 0.25) is 5.91 Å². The van der Waals surface area contributed by atoms with Crippen LogP contribution in [0.1, 0.15) is 36.9 Å². The molecule has 1 aromatic carbocycles. The minimum atomic E-state index is 0.130. The van der Waals surface area contributed by atoms with Gasteiger partial charge in [0.05, 0.1) is 25.3 Å². The molecule has 0 bridgehead atoms. The highest BCUT2D eigenvalue weighted by molar-refractivity contribution is 7.13. The molecule has 2 saturated heterocycles. The summed E-state index contributed by atoms with van der Waals surface area (Å²) in [6.45, 7) is 5.49. The first-order valence-electron chi connectivity index (χ1n) is 11.0. The SMILES string of the molecule is O=C(Cc1csc(-c2ccc(CN3CCOCC3)cc2)n1)N1CCCCC1CCO. The molecule has 2 fully saturated rings. The van der Waals surface area contributed by atoms with Gasteiger partial charge in [-0.1, -0.05) is 24.3 Å². The van der Waals surface area contributed by atoms with E-state index in [2.05, 4.69) is 29.2 Å². The largest absolute Gasteiger partial charge is 0.396 e. The number of likely N-dealkylation sites (tertiary alicyclic amines) is 1. The van der Waals surface area contributed by atoms with E-state index in [4.69, 9.17) is 9.72 Å². The number of hydrogen-bond donors (Lipinski definition) is 1. The van der Waals surface area contributed by atoms with Crippen LogP contribution in [0.4, 0.5) is 0 Å². The van der Waals surface area contributed by atoms with E-state index in [-0.39, 0.29) is 18.6 Å². The highest BCUT2D eigenvalue weighted by Crippen LogP contribution is 2.26. The van der Waals surface area contributed by atoms with Crippen molar-refractivity contribution in [3.05, 3.63) is 40.9 Å². The van der Waals surface area contributed by atoms with Crippen LogP contribution in [-0.4, -0.2) is 71.3 Å². The van der Waals surface area contributed by atoms with Crippen LogP contribution < -0.4 is 0 Å². The fourth-order valence-corrected chi connectivity index (χ4v) is 5.15. The number of ether oxygens (including phenoxy) is 1. The molecule has 2 aromatic rings. The van der Waals surface area contributed by atoms with Gasteiger partial charge in [-0.25, -0.2) is 4.98 Å². The maximum atomic E-state index is 12.8. The summed E-state index contributed by atoms with van der Waals surface area (Å²) < 4.78 is 5.41. The van der Waals surface area contributed by atoms with E-state index in [9.17, 15) is 9.90 Å². The Morgan fingerprint density at radius 2 is 1.97 bits per heavy atom. The van der Waals surface area contributed by atoms with E-state index in [0.717, 1.165) is 74.9 Å². The van der Waals surface area contributed by atoms with Crippen molar-refractivity contribution in [2.75, 3.05) is 39.5 Å². The molecule has 162 valence electrons. The molecule has 0 saturated carbocycles. The van der Waals surface area contributed by atoms with Crippen LogP contribution in [0, 0.1) is 0 Å². The van der Waals surface area contributed by atoms with Crippen LogP contribution in [0.3, 0.4) is 0 Å². The molecule has 30 heavy (non-hydrogen) atoms. The molecule has 0 aliphatic carbocycles. The lowest BCUT2D eigenvalue weighted by Gasteiger charge is -2.35. The van der Waals surface area contributed by atoms with E-state index >= 15 is 0 Å². The lowest BCUT2D eigenvalue weighted by Crippen LogP contribution is -2.44. The molecular formula is C23H31N3O3S. The molecule has 2 aliphatic heterocycles. The summed E-state index contributed by atoms with van der Waals surface area (Å²) in [6.07, 6.45) is 4.19. The van der Waals surface area contributed by atoms with Crippen LogP contribution in [0.5, 0.6) is 0 Å². The molecule has 1 amide bonds. The summed E-state index contributed by atoms with van der Waals surface area (Å²) in [6, 6.07) is 8.77. The smallest absolute Gasteiger partial charge is 0.228 e. The third-order valence-electron chi connectivity index (χ3n) is 6.00. The number of aromatic nitrogens is 1. The number of amides is 1. The summed E-state index contributed by atoms with van der Waals surface area (Å²) in [4.78, 5) is 21.9. The number of piperidine rings is 1. The number of benzene rings is 1. The molecule has 7 heteroatoms. The Labute approximate surface area is 182 Å². The molecule has 1 unspecified atom stereocenters. The van der Waals surface area contributed by atoms with Gasteiger partial charge < -0.3 is 14.7 Å². The minimum Gasteiger partial charge on any atom is -0.396 e. The van der Waals surface area contributed by atoms with Crippen molar-refractivity contribution in [1.82, 2.24) is 14.8 Å². The first kappa shape index (κ1) is 21.4. The molecular weight excluding hydrogens is 398 g/mol. The molecule has 4 rings (SSSR count). The maximum Gasteiger partial charge on any atom is 0.228 e. The number of carbonyl (C=O) groups is 1. The summed E-state index contributed by atoms with van der Waals surface area (Å²) in [7, 11) is 0. The van der Waals surface area contributed by atoms with Crippen molar-refractivity contribution in [1.29, 1.82) is 0 Å². The molecule has 1 aromatic heterocycles. The van der Waals surface area contributed by atoms with Gasteiger partial charge in [-0.05, 0) is 31.2 Å². The van der Waals surface area contributed by atoms with E-state index in [1.54, 1.807) is 11.3 Å². The first-order chi connectivity index (χ1) is 14.7. The summed E-state index contributed by atoms with van der Waals surface area (Å²) in [5.41, 5.74) is 3.24. The van der Waals surface area contributed by atoms with E-state index in [0.29, 0.717) is 12.8 Å². The van der Waals surface area contributed by atoms with Crippen LogP contribution in [0.2, 0.25) is 0 Å². The minimum absolute atomic E-state index is 0.130. The van der Waals surface area contributed by atoms with Crippen LogP contribution in [-0.2, 0) is 22.5 Å². The molecule has 0 radical (unpaired) electrons. The zero-order valence-corrected chi connectivity index (χ0v) is 18.3. The monoisotopic (exact) mass is 429 g/mol. The number of nitrogens with zero attached hydrogens (tertiary/aromatic N) is 3. The average molecular weight is 430 g/mol. The van der Waals surface area contributed by atoms with Gasteiger partial charge >= 0.3 is 0 Å². The third kappa shape index (κ3) is 5.46. The van der Waals surface area contributed by atoms with Crippen molar-refractivity contribution in [3.8, 4) is 10.6 Å². The number of aliphatic hydroxyl groups is 1. The fourth-order valence-electron chi connectivity index (χ4n) is 4.33. The highest BCUT2D eigenvalue weighted by atomic mass is 32.1. The van der Waals surface area contributed by atoms with Crippen LogP contribution in [0.25, 0.3) is 10.6 Å². The second kappa shape index (κ2) is 10.5.